The second-order valence-corrected chi connectivity index (χ2v) is 10.0. The summed E-state index contributed by atoms with van der Waals surface area (Å²) in [6, 6.07) is 7.74. The topological polar surface area (TPSA) is 89.5 Å². The Morgan fingerprint density at radius 2 is 1.85 bits per heavy atom. The van der Waals surface area contributed by atoms with E-state index in [0.717, 1.165) is 5.56 Å². The lowest BCUT2D eigenvalue weighted by molar-refractivity contribution is -0.148. The highest BCUT2D eigenvalue weighted by Crippen LogP contribution is 2.22. The Kier molecular flexibility index (Phi) is 6.44. The second-order valence-electron chi connectivity index (χ2n) is 7.78. The summed E-state index contributed by atoms with van der Waals surface area (Å²) in [5.74, 6) is -0.864. The molecule has 1 aliphatic heterocycles. The van der Waals surface area contributed by atoms with E-state index in [0.29, 0.717) is 12.8 Å². The van der Waals surface area contributed by atoms with Gasteiger partial charge in [0.25, 0.3) is 5.91 Å². The maximum absolute atomic E-state index is 11.8. The van der Waals surface area contributed by atoms with Crippen molar-refractivity contribution in [2.45, 2.75) is 51.5 Å². The van der Waals surface area contributed by atoms with Crippen molar-refractivity contribution in [1.29, 1.82) is 0 Å². The van der Waals surface area contributed by atoms with Crippen molar-refractivity contribution in [3.8, 4) is 0 Å². The highest BCUT2D eigenvalue weighted by Gasteiger charge is 2.29. The minimum Gasteiger partial charge on any atom is -0.456 e. The fourth-order valence-corrected chi connectivity index (χ4v) is 4.49. The van der Waals surface area contributed by atoms with Gasteiger partial charge in [0.2, 0.25) is 0 Å². The normalized spacial score (nSPS) is 19.1. The summed E-state index contributed by atoms with van der Waals surface area (Å²) in [6.07, 6.45) is 1.15. The molecule has 1 aromatic carbocycles. The minimum absolute atomic E-state index is 0.0444. The Morgan fingerprint density at radius 1 is 1.19 bits per heavy atom. The van der Waals surface area contributed by atoms with Crippen molar-refractivity contribution in [3.63, 3.8) is 0 Å². The Hall–Kier alpha value is -1.89. The van der Waals surface area contributed by atoms with E-state index in [1.165, 1.54) is 5.56 Å². The van der Waals surface area contributed by atoms with Gasteiger partial charge in [0.1, 0.15) is 0 Å². The van der Waals surface area contributed by atoms with Crippen LogP contribution in [0, 0.1) is 0 Å². The van der Waals surface area contributed by atoms with E-state index in [1.807, 2.05) is 12.1 Å². The van der Waals surface area contributed by atoms with Gasteiger partial charge in [-0.3, -0.25) is 9.59 Å². The first kappa shape index (κ1) is 20.4. The maximum atomic E-state index is 11.8. The van der Waals surface area contributed by atoms with Gasteiger partial charge in [0, 0.05) is 12.5 Å². The molecule has 2 rings (SSSR count). The predicted molar refractivity (Wildman–Crippen MR) is 99.6 cm³/mol. The number of carbonyl (C=O) groups is 2. The molecule has 0 spiro atoms. The Bertz CT molecular complexity index is 747. The second kappa shape index (κ2) is 8.20. The summed E-state index contributed by atoms with van der Waals surface area (Å²) in [6.45, 7) is 6.06. The summed E-state index contributed by atoms with van der Waals surface area (Å²) in [5.41, 5.74) is 2.36. The molecule has 0 saturated carbocycles. The zero-order chi connectivity index (χ0) is 19.4. The smallest absolute Gasteiger partial charge is 0.306 e. The van der Waals surface area contributed by atoms with Gasteiger partial charge in [-0.25, -0.2) is 8.42 Å². The zero-order valence-corrected chi connectivity index (χ0v) is 16.4. The molecule has 1 saturated heterocycles. The minimum atomic E-state index is -3.05. The fraction of sp³-hybridized carbons (Fsp3) is 0.579. The largest absolute Gasteiger partial charge is 0.456 e. The molecule has 0 unspecified atom stereocenters. The van der Waals surface area contributed by atoms with Crippen LogP contribution in [0.1, 0.15) is 44.7 Å². The molecule has 6 nitrogen and oxygen atoms in total. The average Bonchev–Trinajstić information content (AvgIpc) is 2.89. The highest BCUT2D eigenvalue weighted by molar-refractivity contribution is 7.91. The number of benzene rings is 1. The van der Waals surface area contributed by atoms with E-state index in [4.69, 9.17) is 4.74 Å². The number of rotatable bonds is 6. The number of amides is 1. The molecular weight excluding hydrogens is 354 g/mol. The van der Waals surface area contributed by atoms with Crippen LogP contribution >= 0.6 is 0 Å². The van der Waals surface area contributed by atoms with Crippen molar-refractivity contribution in [2.75, 3.05) is 18.1 Å². The first-order valence-corrected chi connectivity index (χ1v) is 10.6. The lowest BCUT2D eigenvalue weighted by atomic mass is 9.86. The number of esters is 1. The van der Waals surface area contributed by atoms with E-state index >= 15 is 0 Å². The molecule has 144 valence electrons. The number of hydrogen-bond acceptors (Lipinski definition) is 5. The van der Waals surface area contributed by atoms with Crippen molar-refractivity contribution in [2.24, 2.45) is 0 Å². The van der Waals surface area contributed by atoms with Crippen molar-refractivity contribution in [3.05, 3.63) is 35.4 Å². The predicted octanol–water partition coefficient (Wildman–Crippen LogP) is 1.76. The SMILES string of the molecule is CC(C)(C)c1ccc(CCC(=O)OCC(=O)N[C@@H]2CCS(=O)(=O)C2)cc1. The third-order valence-electron chi connectivity index (χ3n) is 4.40. The van der Waals surface area contributed by atoms with E-state index in [2.05, 4.69) is 38.2 Å². The monoisotopic (exact) mass is 381 g/mol. The van der Waals surface area contributed by atoms with Crippen LogP contribution in [0.15, 0.2) is 24.3 Å². The van der Waals surface area contributed by atoms with Gasteiger partial charge in [0.15, 0.2) is 16.4 Å². The average molecular weight is 381 g/mol. The van der Waals surface area contributed by atoms with Crippen LogP contribution in [-0.2, 0) is 36.0 Å². The first-order valence-electron chi connectivity index (χ1n) is 8.80. The molecular formula is C19H27NO5S. The van der Waals surface area contributed by atoms with Crippen LogP contribution in [0.3, 0.4) is 0 Å². The summed E-state index contributed by atoms with van der Waals surface area (Å²) in [7, 11) is -3.05. The Morgan fingerprint density at radius 3 is 2.38 bits per heavy atom. The quantitative estimate of drug-likeness (QED) is 0.759. The maximum Gasteiger partial charge on any atom is 0.306 e. The van der Waals surface area contributed by atoms with E-state index in [1.54, 1.807) is 0 Å². The molecule has 0 aromatic heterocycles. The third kappa shape index (κ3) is 6.44. The van der Waals surface area contributed by atoms with Gasteiger partial charge < -0.3 is 10.1 Å². The number of ether oxygens (including phenoxy) is 1. The van der Waals surface area contributed by atoms with E-state index < -0.39 is 21.7 Å². The first-order chi connectivity index (χ1) is 12.0. The number of hydrogen-bond donors (Lipinski definition) is 1. The van der Waals surface area contributed by atoms with Gasteiger partial charge in [-0.05, 0) is 29.4 Å². The fourth-order valence-electron chi connectivity index (χ4n) is 2.81. The van der Waals surface area contributed by atoms with Crippen molar-refractivity contribution in [1.82, 2.24) is 5.32 Å². The molecule has 0 aliphatic carbocycles. The molecule has 1 aromatic rings. The van der Waals surface area contributed by atoms with Gasteiger partial charge in [-0.1, -0.05) is 45.0 Å². The molecule has 1 N–H and O–H groups in total. The summed E-state index contributed by atoms with van der Waals surface area (Å²) >= 11 is 0. The molecule has 1 fully saturated rings. The number of aryl methyl sites for hydroxylation is 1. The summed E-state index contributed by atoms with van der Waals surface area (Å²) in [4.78, 5) is 23.5. The van der Waals surface area contributed by atoms with E-state index in [-0.39, 0.29) is 36.0 Å². The summed E-state index contributed by atoms with van der Waals surface area (Å²) < 4.78 is 27.7. The molecule has 1 amide bonds. The molecule has 0 bridgehead atoms. The standard InChI is InChI=1S/C19H27NO5S/c1-19(2,3)15-7-4-14(5-8-15)6-9-18(22)25-12-17(21)20-16-10-11-26(23,24)13-16/h4-5,7-8,16H,6,9-13H2,1-3H3,(H,20,21)/t16-/m1/s1. The van der Waals surface area contributed by atoms with Gasteiger partial charge in [0.05, 0.1) is 11.5 Å². The molecule has 26 heavy (non-hydrogen) atoms. The Balaban J connectivity index is 1.69. The van der Waals surface area contributed by atoms with Gasteiger partial charge >= 0.3 is 5.97 Å². The number of carbonyl (C=O) groups excluding carboxylic acids is 2. The molecule has 0 radical (unpaired) electrons. The van der Waals surface area contributed by atoms with Crippen LogP contribution in [0.2, 0.25) is 0 Å². The summed E-state index contributed by atoms with van der Waals surface area (Å²) in [5, 5.41) is 2.59. The van der Waals surface area contributed by atoms with Crippen LogP contribution in [-0.4, -0.2) is 44.4 Å². The third-order valence-corrected chi connectivity index (χ3v) is 6.17. The highest BCUT2D eigenvalue weighted by atomic mass is 32.2. The molecule has 1 heterocycles. The van der Waals surface area contributed by atoms with Crippen LogP contribution in [0.25, 0.3) is 0 Å². The molecule has 1 atom stereocenters. The van der Waals surface area contributed by atoms with Crippen LogP contribution in [0.4, 0.5) is 0 Å². The van der Waals surface area contributed by atoms with Crippen molar-refractivity contribution >= 4 is 21.7 Å². The number of sulfone groups is 1. The van der Waals surface area contributed by atoms with E-state index in [9.17, 15) is 18.0 Å². The van der Waals surface area contributed by atoms with Crippen LogP contribution in [0.5, 0.6) is 0 Å². The lowest BCUT2D eigenvalue weighted by Crippen LogP contribution is -2.38. The number of nitrogens with one attached hydrogen (secondary N) is 1. The van der Waals surface area contributed by atoms with Gasteiger partial charge in [-0.2, -0.15) is 0 Å². The molecule has 1 aliphatic rings. The lowest BCUT2D eigenvalue weighted by Gasteiger charge is -2.19. The Labute approximate surface area is 155 Å². The van der Waals surface area contributed by atoms with Crippen molar-refractivity contribution < 1.29 is 22.7 Å². The van der Waals surface area contributed by atoms with Gasteiger partial charge in [-0.15, -0.1) is 0 Å². The molecule has 7 heteroatoms. The van der Waals surface area contributed by atoms with Crippen LogP contribution < -0.4 is 5.32 Å². The zero-order valence-electron chi connectivity index (χ0n) is 15.6.